The molecule has 1 aliphatic carbocycles. The molecule has 8 nitrogen and oxygen atoms in total. The van der Waals surface area contributed by atoms with Crippen molar-refractivity contribution < 1.29 is 29.3 Å². The Labute approximate surface area is 199 Å². The van der Waals surface area contributed by atoms with Crippen LogP contribution in [0.4, 0.5) is 0 Å². The van der Waals surface area contributed by atoms with E-state index in [9.17, 15) is 19.5 Å². The average Bonchev–Trinajstić information content (AvgIpc) is 3.34. The second-order valence-electron chi connectivity index (χ2n) is 8.67. The summed E-state index contributed by atoms with van der Waals surface area (Å²) >= 11 is 0. The molecule has 1 fully saturated rings. The number of aliphatic hydroxyl groups is 1. The van der Waals surface area contributed by atoms with Gasteiger partial charge in [-0.3, -0.25) is 14.9 Å². The van der Waals surface area contributed by atoms with Crippen molar-refractivity contribution in [2.75, 3.05) is 6.54 Å². The molecular weight excluding hydrogens is 436 g/mol. The topological polar surface area (TPSA) is 125 Å². The van der Waals surface area contributed by atoms with Gasteiger partial charge in [0.1, 0.15) is 12.6 Å². The lowest BCUT2D eigenvalue weighted by Gasteiger charge is -2.33. The molecule has 182 valence electrons. The van der Waals surface area contributed by atoms with E-state index in [0.29, 0.717) is 25.7 Å². The molecule has 0 spiro atoms. The number of amides is 1. The van der Waals surface area contributed by atoms with Gasteiger partial charge in [-0.25, -0.2) is 4.79 Å². The second-order valence-corrected chi connectivity index (χ2v) is 8.67. The number of aryl methyl sites for hydroxylation is 1. The summed E-state index contributed by atoms with van der Waals surface area (Å²) in [5.74, 6) is -2.26. The molecule has 8 heteroatoms. The van der Waals surface area contributed by atoms with Crippen LogP contribution in [0.3, 0.4) is 0 Å². The number of aliphatic carboxylic acids is 1. The lowest BCUT2D eigenvalue weighted by Crippen LogP contribution is -2.61. The molecule has 0 saturated heterocycles. The summed E-state index contributed by atoms with van der Waals surface area (Å²) < 4.78 is 5.59. The van der Waals surface area contributed by atoms with E-state index < -0.39 is 42.1 Å². The smallest absolute Gasteiger partial charge is 0.334 e. The predicted molar refractivity (Wildman–Crippen MR) is 126 cm³/mol. The third-order valence-electron chi connectivity index (χ3n) is 6.16. The number of esters is 1. The van der Waals surface area contributed by atoms with Crippen LogP contribution in [0.15, 0.2) is 60.7 Å². The van der Waals surface area contributed by atoms with Crippen molar-refractivity contribution in [3.8, 4) is 0 Å². The highest BCUT2D eigenvalue weighted by molar-refractivity contribution is 5.88. The number of carboxylic acid groups (broad SMARTS) is 1. The molecule has 0 aliphatic heterocycles. The van der Waals surface area contributed by atoms with Gasteiger partial charge >= 0.3 is 11.9 Å². The molecule has 34 heavy (non-hydrogen) atoms. The van der Waals surface area contributed by atoms with Gasteiger partial charge in [-0.2, -0.15) is 0 Å². The van der Waals surface area contributed by atoms with E-state index in [-0.39, 0.29) is 6.61 Å². The van der Waals surface area contributed by atoms with Crippen LogP contribution in [0, 0.1) is 0 Å². The Hall–Kier alpha value is -3.23. The van der Waals surface area contributed by atoms with Crippen molar-refractivity contribution >= 4 is 17.8 Å². The highest BCUT2D eigenvalue weighted by Gasteiger charge is 2.44. The summed E-state index contributed by atoms with van der Waals surface area (Å²) in [6.45, 7) is -0.266. The fourth-order valence-corrected chi connectivity index (χ4v) is 4.23. The molecule has 1 saturated carbocycles. The zero-order valence-corrected chi connectivity index (χ0v) is 19.1. The number of carboxylic acids is 1. The monoisotopic (exact) mass is 468 g/mol. The minimum absolute atomic E-state index is 0.132. The van der Waals surface area contributed by atoms with Gasteiger partial charge in [-0.1, -0.05) is 73.5 Å². The van der Waals surface area contributed by atoms with E-state index in [1.165, 1.54) is 0 Å². The number of carbonyl (C=O) groups is 3. The molecular formula is C26H32N2O6. The molecule has 0 heterocycles. The molecule has 1 amide bonds. The number of ether oxygens (including phenoxy) is 1. The maximum Gasteiger partial charge on any atom is 0.334 e. The molecule has 2 aromatic carbocycles. The van der Waals surface area contributed by atoms with Crippen molar-refractivity contribution in [3.05, 3.63) is 71.8 Å². The van der Waals surface area contributed by atoms with Gasteiger partial charge in [0.05, 0.1) is 12.1 Å². The van der Waals surface area contributed by atoms with Gasteiger partial charge < -0.3 is 20.3 Å². The quantitative estimate of drug-likeness (QED) is 0.352. The van der Waals surface area contributed by atoms with Crippen LogP contribution < -0.4 is 10.6 Å². The van der Waals surface area contributed by atoms with E-state index in [1.54, 1.807) is 0 Å². The summed E-state index contributed by atoms with van der Waals surface area (Å²) in [5, 5.41) is 24.3. The lowest BCUT2D eigenvalue weighted by atomic mass is 9.93. The van der Waals surface area contributed by atoms with Crippen LogP contribution >= 0.6 is 0 Å². The second kappa shape index (κ2) is 12.3. The minimum Gasteiger partial charge on any atom is -0.479 e. The maximum atomic E-state index is 13.1. The van der Waals surface area contributed by atoms with E-state index in [2.05, 4.69) is 10.6 Å². The molecule has 2 aromatic rings. The van der Waals surface area contributed by atoms with Gasteiger partial charge in [0.2, 0.25) is 5.91 Å². The zero-order valence-electron chi connectivity index (χ0n) is 19.1. The molecule has 3 rings (SSSR count). The van der Waals surface area contributed by atoms with Crippen LogP contribution in [-0.4, -0.2) is 52.3 Å². The zero-order chi connectivity index (χ0) is 24.4. The first-order valence-corrected chi connectivity index (χ1v) is 11.6. The fourth-order valence-electron chi connectivity index (χ4n) is 4.23. The van der Waals surface area contributed by atoms with Crippen LogP contribution in [0.5, 0.6) is 0 Å². The Morgan fingerprint density at radius 3 is 2.12 bits per heavy atom. The molecule has 0 bridgehead atoms. The number of hydrogen-bond acceptors (Lipinski definition) is 6. The van der Waals surface area contributed by atoms with Gasteiger partial charge in [-0.15, -0.1) is 0 Å². The van der Waals surface area contributed by atoms with E-state index in [0.717, 1.165) is 24.0 Å². The molecule has 0 aromatic heterocycles. The van der Waals surface area contributed by atoms with Crippen LogP contribution in [-0.2, 0) is 32.1 Å². The van der Waals surface area contributed by atoms with Crippen molar-refractivity contribution in [2.24, 2.45) is 0 Å². The van der Waals surface area contributed by atoms with Crippen molar-refractivity contribution in [3.63, 3.8) is 0 Å². The van der Waals surface area contributed by atoms with Gasteiger partial charge in [-0.05, 0) is 36.8 Å². The standard InChI is InChI=1S/C26H32N2O6/c29-22(23(30)31)17-27-25(33)26(15-7-8-16-26)28-21(14-13-19-9-3-1-4-10-19)24(32)34-18-20-11-5-2-6-12-20/h1-6,9-12,21-22,28-29H,7-8,13-18H2,(H,27,33)(H,30,31)/t21-,22-/m0/s1. The maximum absolute atomic E-state index is 13.1. The first-order valence-electron chi connectivity index (χ1n) is 11.6. The third-order valence-corrected chi connectivity index (χ3v) is 6.16. The van der Waals surface area contributed by atoms with Gasteiger partial charge in [0, 0.05) is 0 Å². The minimum atomic E-state index is -1.69. The Kier molecular flexibility index (Phi) is 9.18. The number of hydrogen-bond donors (Lipinski definition) is 4. The Balaban J connectivity index is 1.72. The number of benzene rings is 2. The predicted octanol–water partition coefficient (Wildman–Crippen LogP) is 2.20. The number of nitrogens with one attached hydrogen (secondary N) is 2. The summed E-state index contributed by atoms with van der Waals surface area (Å²) in [6.07, 6.45) is 1.98. The largest absolute Gasteiger partial charge is 0.479 e. The fraction of sp³-hybridized carbons (Fsp3) is 0.423. The Morgan fingerprint density at radius 2 is 1.53 bits per heavy atom. The first-order chi connectivity index (χ1) is 16.4. The molecule has 0 unspecified atom stereocenters. The Morgan fingerprint density at radius 1 is 0.941 bits per heavy atom. The van der Waals surface area contributed by atoms with Crippen LogP contribution in [0.2, 0.25) is 0 Å². The molecule has 4 N–H and O–H groups in total. The normalized spacial score (nSPS) is 16.4. The highest BCUT2D eigenvalue weighted by Crippen LogP contribution is 2.31. The number of aliphatic hydroxyl groups excluding tert-OH is 1. The summed E-state index contributed by atoms with van der Waals surface area (Å²) in [6, 6.07) is 18.4. The lowest BCUT2D eigenvalue weighted by molar-refractivity contribution is -0.148. The van der Waals surface area contributed by atoms with Crippen LogP contribution in [0.25, 0.3) is 0 Å². The summed E-state index contributed by atoms with van der Waals surface area (Å²) in [5.41, 5.74) is 0.916. The molecule has 0 radical (unpaired) electrons. The summed E-state index contributed by atoms with van der Waals surface area (Å²) in [7, 11) is 0. The van der Waals surface area contributed by atoms with Crippen molar-refractivity contribution in [1.29, 1.82) is 0 Å². The van der Waals surface area contributed by atoms with Crippen molar-refractivity contribution in [2.45, 2.75) is 62.8 Å². The van der Waals surface area contributed by atoms with E-state index in [4.69, 9.17) is 9.84 Å². The molecule has 2 atom stereocenters. The number of rotatable bonds is 12. The van der Waals surface area contributed by atoms with Gasteiger partial charge in [0.15, 0.2) is 6.10 Å². The summed E-state index contributed by atoms with van der Waals surface area (Å²) in [4.78, 5) is 37.1. The van der Waals surface area contributed by atoms with Crippen molar-refractivity contribution in [1.82, 2.24) is 10.6 Å². The van der Waals surface area contributed by atoms with Gasteiger partial charge in [0.25, 0.3) is 0 Å². The van der Waals surface area contributed by atoms with E-state index >= 15 is 0 Å². The van der Waals surface area contributed by atoms with E-state index in [1.807, 2.05) is 60.7 Å². The Bertz CT molecular complexity index is 944. The van der Waals surface area contributed by atoms with Crippen LogP contribution in [0.1, 0.15) is 43.2 Å². The SMILES string of the molecule is O=C(OCc1ccccc1)[C@H](CCc1ccccc1)NC1(C(=O)NC[C@H](O)C(=O)O)CCCC1. The number of carbonyl (C=O) groups excluding carboxylic acids is 2. The average molecular weight is 469 g/mol. The molecule has 1 aliphatic rings. The third kappa shape index (κ3) is 7.13. The highest BCUT2D eigenvalue weighted by atomic mass is 16.5. The first kappa shape index (κ1) is 25.4.